The summed E-state index contributed by atoms with van der Waals surface area (Å²) in [6.45, 7) is 11.9. The molecule has 7 nitrogen and oxygen atoms in total. The van der Waals surface area contributed by atoms with E-state index in [4.69, 9.17) is 9.47 Å². The zero-order valence-electron chi connectivity index (χ0n) is 18.4. The minimum Gasteiger partial charge on any atom is -0.444 e. The minimum absolute atomic E-state index is 0.00726. The van der Waals surface area contributed by atoms with Crippen molar-refractivity contribution < 1.29 is 19.1 Å². The predicted molar refractivity (Wildman–Crippen MR) is 113 cm³/mol. The summed E-state index contributed by atoms with van der Waals surface area (Å²) in [4.78, 5) is 30.9. The number of benzene rings is 1. The van der Waals surface area contributed by atoms with Crippen LogP contribution in [0.5, 0.6) is 0 Å². The third-order valence-electron chi connectivity index (χ3n) is 4.75. The van der Waals surface area contributed by atoms with Crippen LogP contribution in [0.3, 0.4) is 0 Å². The Balaban J connectivity index is 2.06. The van der Waals surface area contributed by atoms with Gasteiger partial charge in [0.15, 0.2) is 0 Å². The second-order valence-electron chi connectivity index (χ2n) is 8.61. The molecule has 1 heterocycles. The van der Waals surface area contributed by atoms with Gasteiger partial charge in [0.2, 0.25) is 5.91 Å². The minimum atomic E-state index is -0.595. The first-order chi connectivity index (χ1) is 13.7. The van der Waals surface area contributed by atoms with Crippen molar-refractivity contribution in [3.05, 3.63) is 35.9 Å². The molecule has 1 aliphatic rings. The molecule has 2 rings (SSSR count). The van der Waals surface area contributed by atoms with E-state index in [0.717, 1.165) is 38.4 Å². The molecule has 1 aromatic carbocycles. The average molecular weight is 406 g/mol. The van der Waals surface area contributed by atoms with Crippen molar-refractivity contribution in [2.45, 2.75) is 45.9 Å². The van der Waals surface area contributed by atoms with Crippen LogP contribution in [0.15, 0.2) is 30.3 Å². The van der Waals surface area contributed by atoms with Gasteiger partial charge in [-0.05, 0) is 33.3 Å². The van der Waals surface area contributed by atoms with E-state index in [1.54, 1.807) is 7.05 Å². The van der Waals surface area contributed by atoms with Gasteiger partial charge in [0, 0.05) is 39.3 Å². The Morgan fingerprint density at radius 1 is 1.17 bits per heavy atom. The summed E-state index contributed by atoms with van der Waals surface area (Å²) in [6, 6.07) is 9.93. The molecule has 0 aromatic heterocycles. The fourth-order valence-electron chi connectivity index (χ4n) is 3.22. The first-order valence-corrected chi connectivity index (χ1v) is 10.2. The Kier molecular flexibility index (Phi) is 8.46. The van der Waals surface area contributed by atoms with Crippen LogP contribution in [0.2, 0.25) is 0 Å². The molecule has 1 saturated heterocycles. The Hall–Kier alpha value is -2.12. The van der Waals surface area contributed by atoms with E-state index < -0.39 is 11.7 Å². The summed E-state index contributed by atoms with van der Waals surface area (Å²) in [5.41, 5.74) is 0.469. The summed E-state index contributed by atoms with van der Waals surface area (Å²) < 4.78 is 10.8. The van der Waals surface area contributed by atoms with E-state index in [1.807, 2.05) is 56.0 Å². The van der Waals surface area contributed by atoms with Gasteiger partial charge >= 0.3 is 6.09 Å². The number of morpholine rings is 1. The summed E-state index contributed by atoms with van der Waals surface area (Å²) in [6.07, 6.45) is -0.494. The van der Waals surface area contributed by atoms with Gasteiger partial charge in [-0.1, -0.05) is 30.3 Å². The summed E-state index contributed by atoms with van der Waals surface area (Å²) in [5, 5.41) is 0. The molecule has 0 spiro atoms. The van der Waals surface area contributed by atoms with E-state index in [0.29, 0.717) is 6.54 Å². The van der Waals surface area contributed by atoms with Crippen molar-refractivity contribution in [2.75, 3.05) is 46.4 Å². The van der Waals surface area contributed by atoms with Crippen molar-refractivity contribution in [1.29, 1.82) is 0 Å². The normalized spacial score (nSPS) is 16.2. The number of hydrogen-bond donors (Lipinski definition) is 0. The molecule has 162 valence electrons. The van der Waals surface area contributed by atoms with Crippen LogP contribution in [0.25, 0.3) is 0 Å². The summed E-state index contributed by atoms with van der Waals surface area (Å²) in [7, 11) is 1.60. The molecule has 29 heavy (non-hydrogen) atoms. The van der Waals surface area contributed by atoms with Crippen LogP contribution in [0, 0.1) is 0 Å². The van der Waals surface area contributed by atoms with Crippen LogP contribution in [0.1, 0.15) is 33.3 Å². The molecule has 1 unspecified atom stereocenters. The maximum atomic E-state index is 13.1. The van der Waals surface area contributed by atoms with Gasteiger partial charge < -0.3 is 19.3 Å². The van der Waals surface area contributed by atoms with E-state index in [2.05, 4.69) is 11.8 Å². The highest BCUT2D eigenvalue weighted by atomic mass is 16.6. The molecule has 1 aromatic rings. The van der Waals surface area contributed by atoms with Crippen molar-refractivity contribution in [1.82, 2.24) is 14.7 Å². The number of carbonyl (C=O) groups excluding carboxylic acids is 2. The quantitative estimate of drug-likeness (QED) is 0.698. The van der Waals surface area contributed by atoms with Crippen LogP contribution in [-0.2, 0) is 20.8 Å². The molecular formula is C22H35N3O4. The second kappa shape index (κ2) is 10.6. The lowest BCUT2D eigenvalue weighted by Crippen LogP contribution is -2.50. The van der Waals surface area contributed by atoms with Gasteiger partial charge in [-0.15, -0.1) is 0 Å². The van der Waals surface area contributed by atoms with Crippen LogP contribution >= 0.6 is 0 Å². The van der Waals surface area contributed by atoms with Crippen LogP contribution < -0.4 is 0 Å². The van der Waals surface area contributed by atoms with Gasteiger partial charge in [0.25, 0.3) is 0 Å². The molecule has 0 N–H and O–H groups in total. The van der Waals surface area contributed by atoms with Crippen molar-refractivity contribution in [3.8, 4) is 0 Å². The number of nitrogens with zero attached hydrogens (tertiary/aromatic N) is 3. The first kappa shape index (κ1) is 23.2. The van der Waals surface area contributed by atoms with Crippen molar-refractivity contribution >= 4 is 12.0 Å². The topological polar surface area (TPSA) is 62.3 Å². The molecule has 0 bridgehead atoms. The Labute approximate surface area is 174 Å². The van der Waals surface area contributed by atoms with Gasteiger partial charge in [-0.3, -0.25) is 9.69 Å². The van der Waals surface area contributed by atoms with Gasteiger partial charge in [0.1, 0.15) is 12.1 Å². The third kappa shape index (κ3) is 8.03. The van der Waals surface area contributed by atoms with E-state index in [-0.39, 0.29) is 18.5 Å². The standard InChI is InChI=1S/C22H35N3O4/c1-18(15-24-11-13-28-14-12-24)25(16-19-9-7-6-8-10-19)20(26)17-23(5)21(27)29-22(2,3)4/h6-10,18H,11-17H2,1-5H3. The van der Waals surface area contributed by atoms with Crippen LogP contribution in [0.4, 0.5) is 4.79 Å². The molecule has 0 aliphatic carbocycles. The fraction of sp³-hybridized carbons (Fsp3) is 0.636. The fourth-order valence-corrected chi connectivity index (χ4v) is 3.22. The molecule has 1 fully saturated rings. The number of ether oxygens (including phenoxy) is 2. The molecule has 2 amide bonds. The van der Waals surface area contributed by atoms with Gasteiger partial charge in [-0.2, -0.15) is 0 Å². The zero-order chi connectivity index (χ0) is 21.4. The lowest BCUT2D eigenvalue weighted by Gasteiger charge is -2.36. The molecule has 1 atom stereocenters. The SMILES string of the molecule is CC(CN1CCOCC1)N(Cc1ccccc1)C(=O)CN(C)C(=O)OC(C)(C)C. The van der Waals surface area contributed by atoms with E-state index in [9.17, 15) is 9.59 Å². The summed E-state index contributed by atoms with van der Waals surface area (Å²) in [5.74, 6) is -0.0945. The van der Waals surface area contributed by atoms with Crippen LogP contribution in [-0.4, -0.2) is 84.8 Å². The van der Waals surface area contributed by atoms with E-state index in [1.165, 1.54) is 4.90 Å². The number of carbonyl (C=O) groups is 2. The van der Waals surface area contributed by atoms with E-state index >= 15 is 0 Å². The number of likely N-dealkylation sites (N-methyl/N-ethyl adjacent to an activating group) is 1. The lowest BCUT2D eigenvalue weighted by molar-refractivity contribution is -0.135. The molecule has 7 heteroatoms. The van der Waals surface area contributed by atoms with Gasteiger partial charge in [0.05, 0.1) is 13.2 Å². The molecule has 0 saturated carbocycles. The third-order valence-corrected chi connectivity index (χ3v) is 4.75. The number of rotatable bonds is 7. The lowest BCUT2D eigenvalue weighted by atomic mass is 10.1. The smallest absolute Gasteiger partial charge is 0.410 e. The summed E-state index contributed by atoms with van der Waals surface area (Å²) >= 11 is 0. The highest BCUT2D eigenvalue weighted by molar-refractivity contribution is 5.82. The maximum Gasteiger partial charge on any atom is 0.410 e. The van der Waals surface area contributed by atoms with Crippen molar-refractivity contribution in [3.63, 3.8) is 0 Å². The van der Waals surface area contributed by atoms with Crippen molar-refractivity contribution in [2.24, 2.45) is 0 Å². The first-order valence-electron chi connectivity index (χ1n) is 10.2. The highest BCUT2D eigenvalue weighted by Crippen LogP contribution is 2.13. The van der Waals surface area contributed by atoms with Gasteiger partial charge in [-0.25, -0.2) is 4.79 Å². The number of amides is 2. The Morgan fingerprint density at radius 2 is 1.79 bits per heavy atom. The Bertz CT molecular complexity index is 654. The number of hydrogen-bond acceptors (Lipinski definition) is 5. The predicted octanol–water partition coefficient (Wildman–Crippen LogP) is 2.60. The maximum absolute atomic E-state index is 13.1. The molecular weight excluding hydrogens is 370 g/mol. The largest absolute Gasteiger partial charge is 0.444 e. The molecule has 0 radical (unpaired) electrons. The Morgan fingerprint density at radius 3 is 2.38 bits per heavy atom. The average Bonchev–Trinajstić information content (AvgIpc) is 2.66. The highest BCUT2D eigenvalue weighted by Gasteiger charge is 2.27. The second-order valence-corrected chi connectivity index (χ2v) is 8.61. The zero-order valence-corrected chi connectivity index (χ0v) is 18.4. The molecule has 1 aliphatic heterocycles. The monoisotopic (exact) mass is 405 g/mol.